The van der Waals surface area contributed by atoms with Crippen LogP contribution in [-0.2, 0) is 19.1 Å². The number of fused-ring (bicyclic) bond motifs is 9. The summed E-state index contributed by atoms with van der Waals surface area (Å²) in [5.41, 5.74) is 1.14. The normalized spacial score (nSPS) is 29.7. The molecule has 0 fully saturated rings. The number of ether oxygens (including phenoxy) is 4. The minimum Gasteiger partial charge on any atom is -0.493 e. The van der Waals surface area contributed by atoms with Crippen molar-refractivity contribution in [1.29, 1.82) is 0 Å². The highest BCUT2D eigenvalue weighted by Gasteiger charge is 2.59. The first-order valence-electron chi connectivity index (χ1n) is 12.8. The molecule has 38 heavy (non-hydrogen) atoms. The molecule has 4 atom stereocenters. The summed E-state index contributed by atoms with van der Waals surface area (Å²) < 4.78 is 27.3. The standard InChI is InChI=1S/C30H26Br2O6/c1-29(2)17-11-35-19-7-5-13(31)9-15(19)21(17)23-25(33)26(34)24-22-16-10-14(32)6-8-20(16)36-12-18(22)30(3,4)38-28(24)27(23)37-29/h5-10,17-18,21-22H,11-12H2,1-4H3/t17-,18+,21+,22-. The Morgan fingerprint density at radius 2 is 1.08 bits per heavy atom. The quantitative estimate of drug-likeness (QED) is 0.246. The molecular weight excluding hydrogens is 616 g/mol. The number of benzene rings is 2. The summed E-state index contributed by atoms with van der Waals surface area (Å²) in [5.74, 6) is 0.111. The van der Waals surface area contributed by atoms with Crippen LogP contribution in [0.15, 0.2) is 68.0 Å². The van der Waals surface area contributed by atoms with E-state index in [2.05, 4.69) is 31.9 Å². The van der Waals surface area contributed by atoms with E-state index in [1.165, 1.54) is 0 Å². The van der Waals surface area contributed by atoms with Crippen molar-refractivity contribution < 1.29 is 28.5 Å². The van der Waals surface area contributed by atoms with Gasteiger partial charge >= 0.3 is 0 Å². The van der Waals surface area contributed by atoms with E-state index in [0.717, 1.165) is 20.1 Å². The van der Waals surface area contributed by atoms with Crippen molar-refractivity contribution in [3.05, 3.63) is 79.1 Å². The third kappa shape index (κ3) is 3.28. The minimum atomic E-state index is -0.677. The Labute approximate surface area is 237 Å². The van der Waals surface area contributed by atoms with Crippen LogP contribution in [0.25, 0.3) is 0 Å². The van der Waals surface area contributed by atoms with Crippen molar-refractivity contribution in [2.45, 2.75) is 50.7 Å². The van der Waals surface area contributed by atoms with E-state index in [0.29, 0.717) is 47.4 Å². The van der Waals surface area contributed by atoms with Crippen LogP contribution in [0.2, 0.25) is 0 Å². The number of carbonyl (C=O) groups is 2. The number of ketones is 2. The number of hydrogen-bond acceptors (Lipinski definition) is 6. The van der Waals surface area contributed by atoms with Crippen LogP contribution >= 0.6 is 31.9 Å². The van der Waals surface area contributed by atoms with E-state index in [9.17, 15) is 9.59 Å². The maximum Gasteiger partial charge on any atom is 0.233 e. The first-order chi connectivity index (χ1) is 18.0. The molecule has 2 aromatic carbocycles. The van der Waals surface area contributed by atoms with Crippen LogP contribution < -0.4 is 9.47 Å². The highest BCUT2D eigenvalue weighted by Crippen LogP contribution is 2.59. The Balaban J connectivity index is 1.51. The van der Waals surface area contributed by atoms with Gasteiger partial charge in [-0.15, -0.1) is 0 Å². The molecule has 0 saturated heterocycles. The van der Waals surface area contributed by atoms with Crippen LogP contribution in [0.1, 0.15) is 50.7 Å². The zero-order chi connectivity index (χ0) is 26.7. The summed E-state index contributed by atoms with van der Waals surface area (Å²) in [6.07, 6.45) is 0. The van der Waals surface area contributed by atoms with Crippen LogP contribution in [0.3, 0.4) is 0 Å². The second-order valence-corrected chi connectivity index (χ2v) is 13.5. The Bertz CT molecular complexity index is 1400. The first kappa shape index (κ1) is 24.5. The third-order valence-corrected chi connectivity index (χ3v) is 9.77. The van der Waals surface area contributed by atoms with Gasteiger partial charge in [-0.25, -0.2) is 0 Å². The Morgan fingerprint density at radius 1 is 0.684 bits per heavy atom. The molecule has 0 amide bonds. The maximum absolute atomic E-state index is 14.1. The number of allylic oxidation sites excluding steroid dienone is 2. The van der Waals surface area contributed by atoms with Gasteiger partial charge in [0.05, 0.1) is 24.4 Å². The van der Waals surface area contributed by atoms with Gasteiger partial charge in [0.15, 0.2) is 11.5 Å². The molecule has 5 aliphatic rings. The van der Waals surface area contributed by atoms with Crippen LogP contribution in [0, 0.1) is 11.8 Å². The number of carbonyl (C=O) groups excluding carboxylic acids is 2. The zero-order valence-electron chi connectivity index (χ0n) is 21.4. The van der Waals surface area contributed by atoms with Crippen molar-refractivity contribution in [1.82, 2.24) is 0 Å². The second-order valence-electron chi connectivity index (χ2n) is 11.7. The number of rotatable bonds is 0. The van der Waals surface area contributed by atoms with Gasteiger partial charge in [0.1, 0.15) is 22.7 Å². The molecule has 4 heterocycles. The highest BCUT2D eigenvalue weighted by atomic mass is 79.9. The molecule has 7 rings (SSSR count). The van der Waals surface area contributed by atoms with Gasteiger partial charge < -0.3 is 18.9 Å². The van der Waals surface area contributed by atoms with Gasteiger partial charge in [-0.1, -0.05) is 31.9 Å². The lowest BCUT2D eigenvalue weighted by molar-refractivity contribution is -0.140. The molecule has 196 valence electrons. The number of Topliss-reactive ketones (excluding diaryl/α,β-unsaturated/α-hetero) is 2. The lowest BCUT2D eigenvalue weighted by atomic mass is 9.63. The average Bonchev–Trinajstić information content (AvgIpc) is 2.86. The Kier molecular flexibility index (Phi) is 5.13. The fraction of sp³-hybridized carbons (Fsp3) is 0.400. The zero-order valence-corrected chi connectivity index (χ0v) is 24.6. The molecule has 0 bridgehead atoms. The smallest absolute Gasteiger partial charge is 0.233 e. The van der Waals surface area contributed by atoms with Crippen molar-refractivity contribution in [3.63, 3.8) is 0 Å². The molecule has 0 unspecified atom stereocenters. The van der Waals surface area contributed by atoms with Crippen LogP contribution in [-0.4, -0.2) is 36.0 Å². The molecule has 0 radical (unpaired) electrons. The molecule has 8 heteroatoms. The summed E-state index contributed by atoms with van der Waals surface area (Å²) >= 11 is 7.15. The van der Waals surface area contributed by atoms with E-state index in [-0.39, 0.29) is 23.7 Å². The van der Waals surface area contributed by atoms with E-state index >= 15 is 0 Å². The molecule has 1 aliphatic carbocycles. The first-order valence-corrected chi connectivity index (χ1v) is 14.4. The van der Waals surface area contributed by atoms with E-state index in [4.69, 9.17) is 18.9 Å². The number of hydrogen-bond donors (Lipinski definition) is 0. The van der Waals surface area contributed by atoms with Gasteiger partial charge in [0.2, 0.25) is 11.6 Å². The lowest BCUT2D eigenvalue weighted by Crippen LogP contribution is -2.54. The van der Waals surface area contributed by atoms with Gasteiger partial charge in [-0.2, -0.15) is 0 Å². The predicted molar refractivity (Wildman–Crippen MR) is 146 cm³/mol. The van der Waals surface area contributed by atoms with Gasteiger partial charge in [-0.3, -0.25) is 9.59 Å². The van der Waals surface area contributed by atoms with Crippen molar-refractivity contribution >= 4 is 43.4 Å². The Morgan fingerprint density at radius 3 is 1.47 bits per heavy atom. The summed E-state index contributed by atoms with van der Waals surface area (Å²) in [4.78, 5) is 28.2. The fourth-order valence-electron chi connectivity index (χ4n) is 6.83. The molecule has 6 nitrogen and oxygen atoms in total. The second kappa shape index (κ2) is 7.98. The third-order valence-electron chi connectivity index (χ3n) is 8.78. The van der Waals surface area contributed by atoms with Crippen molar-refractivity contribution in [3.8, 4) is 11.5 Å². The predicted octanol–water partition coefficient (Wildman–Crippen LogP) is 6.37. The average molecular weight is 642 g/mol. The van der Waals surface area contributed by atoms with Crippen molar-refractivity contribution in [2.75, 3.05) is 13.2 Å². The molecular formula is C30H26Br2O6. The summed E-state index contributed by atoms with van der Waals surface area (Å²) in [6.45, 7) is 8.82. The van der Waals surface area contributed by atoms with Gasteiger partial charge in [-0.05, 0) is 64.1 Å². The van der Waals surface area contributed by atoms with Crippen molar-refractivity contribution in [2.24, 2.45) is 11.8 Å². The molecule has 2 aromatic rings. The molecule has 4 aliphatic heterocycles. The molecule has 0 saturated carbocycles. The molecule has 0 N–H and O–H groups in total. The topological polar surface area (TPSA) is 71.1 Å². The van der Waals surface area contributed by atoms with E-state index in [1.54, 1.807) is 0 Å². The lowest BCUT2D eigenvalue weighted by Gasteiger charge is -2.53. The molecule has 0 aromatic heterocycles. The highest BCUT2D eigenvalue weighted by molar-refractivity contribution is 9.10. The monoisotopic (exact) mass is 640 g/mol. The fourth-order valence-corrected chi connectivity index (χ4v) is 7.59. The molecule has 0 spiro atoms. The summed E-state index contributed by atoms with van der Waals surface area (Å²) in [6, 6.07) is 11.6. The number of halogens is 2. The minimum absolute atomic E-state index is 0.161. The maximum atomic E-state index is 14.1. The van der Waals surface area contributed by atoms with Gasteiger partial charge in [0.25, 0.3) is 0 Å². The summed E-state index contributed by atoms with van der Waals surface area (Å²) in [5, 5.41) is 0. The van der Waals surface area contributed by atoms with Gasteiger partial charge in [0, 0.05) is 43.7 Å². The summed E-state index contributed by atoms with van der Waals surface area (Å²) in [7, 11) is 0. The Hall–Kier alpha value is -2.58. The SMILES string of the molecule is CC1(C)OC2=C(C(=O)C(=O)C3=C2OC(C)(C)[C@H]2COc4ccc(Br)cc4[C@@H]32)[C@H]2c3cc(Br)ccc3OC[C@H]21. The van der Waals surface area contributed by atoms with E-state index < -0.39 is 22.8 Å². The van der Waals surface area contributed by atoms with Crippen LogP contribution in [0.5, 0.6) is 11.5 Å². The van der Waals surface area contributed by atoms with E-state index in [1.807, 2.05) is 64.1 Å². The largest absolute Gasteiger partial charge is 0.493 e. The van der Waals surface area contributed by atoms with Crippen LogP contribution in [0.4, 0.5) is 0 Å².